The minimum Gasteiger partial charge on any atom is -0.235 e. The predicted molar refractivity (Wildman–Crippen MR) is 97.1 cm³/mol. The molecule has 0 N–H and O–H groups in total. The van der Waals surface area contributed by atoms with Crippen molar-refractivity contribution in [1.82, 2.24) is 4.98 Å². The smallest absolute Gasteiger partial charge is 0.137 e. The van der Waals surface area contributed by atoms with E-state index in [-0.39, 0.29) is 0 Å². The highest BCUT2D eigenvalue weighted by atomic mass is 35.5. The summed E-state index contributed by atoms with van der Waals surface area (Å²) in [5.41, 5.74) is 0.961. The highest BCUT2D eigenvalue weighted by Crippen LogP contribution is 2.38. The van der Waals surface area contributed by atoms with E-state index in [9.17, 15) is 0 Å². The monoisotopic (exact) mass is 319 g/mol. The van der Waals surface area contributed by atoms with Gasteiger partial charge in [-0.25, -0.2) is 4.98 Å². The minimum atomic E-state index is 0.573. The van der Waals surface area contributed by atoms with E-state index in [4.69, 9.17) is 11.6 Å². The molecule has 0 spiro atoms. The van der Waals surface area contributed by atoms with Gasteiger partial charge in [0, 0.05) is 30.9 Å². The van der Waals surface area contributed by atoms with Crippen LogP contribution in [0.15, 0.2) is 60.7 Å². The van der Waals surface area contributed by atoms with Crippen LogP contribution in [-0.4, -0.2) is 4.98 Å². The maximum Gasteiger partial charge on any atom is 0.137 e. The fourth-order valence-electron chi connectivity index (χ4n) is 3.13. The molecule has 3 heteroatoms. The highest BCUT2D eigenvalue weighted by Gasteiger charge is 2.10. The van der Waals surface area contributed by atoms with Gasteiger partial charge in [0.05, 0.1) is 5.52 Å². The van der Waals surface area contributed by atoms with Gasteiger partial charge >= 0.3 is 0 Å². The maximum atomic E-state index is 6.36. The average Bonchev–Trinajstić information content (AvgIpc) is 2.91. The molecule has 104 valence electrons. The Morgan fingerprint density at radius 2 is 1.41 bits per heavy atom. The maximum absolute atomic E-state index is 6.36. The van der Waals surface area contributed by atoms with E-state index in [2.05, 4.69) is 47.4 Å². The zero-order valence-electron chi connectivity index (χ0n) is 11.5. The molecule has 0 saturated carbocycles. The van der Waals surface area contributed by atoms with Gasteiger partial charge < -0.3 is 0 Å². The Hall–Kier alpha value is -2.16. The van der Waals surface area contributed by atoms with Crippen LogP contribution >= 0.6 is 22.9 Å². The molecule has 1 nitrogen and oxygen atoms in total. The first-order valence-corrected chi connectivity index (χ1v) is 8.30. The summed E-state index contributed by atoms with van der Waals surface area (Å²) in [4.78, 5) is 4.60. The minimum absolute atomic E-state index is 0.573. The molecule has 0 radical (unpaired) electrons. The molecule has 2 heterocycles. The summed E-state index contributed by atoms with van der Waals surface area (Å²) in [5, 5.41) is 6.51. The van der Waals surface area contributed by atoms with Gasteiger partial charge in [0.15, 0.2) is 0 Å². The zero-order valence-corrected chi connectivity index (χ0v) is 13.1. The fraction of sp³-hybridized carbons (Fsp3) is 0. The number of hydrogen-bond acceptors (Lipinski definition) is 2. The summed E-state index contributed by atoms with van der Waals surface area (Å²) in [6.45, 7) is 0. The first kappa shape index (κ1) is 12.4. The number of rotatable bonds is 0. The van der Waals surface area contributed by atoms with E-state index in [1.54, 1.807) is 11.3 Å². The second-order valence-electron chi connectivity index (χ2n) is 5.41. The van der Waals surface area contributed by atoms with Crippen molar-refractivity contribution in [3.63, 3.8) is 0 Å². The standard InChI is InChI=1S/C19H10ClNS/c20-19-13-7-2-1-5-11(13)14-9-15-12-6-3-4-8-17(12)22-18(15)10-16(14)21-19/h1-10H. The Balaban J connectivity index is 2.06. The normalized spacial score (nSPS) is 11.9. The van der Waals surface area contributed by atoms with Gasteiger partial charge in [0.25, 0.3) is 0 Å². The van der Waals surface area contributed by atoms with Crippen molar-refractivity contribution in [2.75, 3.05) is 0 Å². The van der Waals surface area contributed by atoms with Crippen LogP contribution in [0.3, 0.4) is 0 Å². The van der Waals surface area contributed by atoms with Crippen molar-refractivity contribution in [2.45, 2.75) is 0 Å². The van der Waals surface area contributed by atoms with Gasteiger partial charge in [-0.05, 0) is 23.6 Å². The second kappa shape index (κ2) is 4.42. The van der Waals surface area contributed by atoms with Gasteiger partial charge in [-0.1, -0.05) is 54.1 Å². The van der Waals surface area contributed by atoms with Crippen molar-refractivity contribution in [3.8, 4) is 0 Å². The summed E-state index contributed by atoms with van der Waals surface area (Å²) in [5.74, 6) is 0. The molecule has 2 aromatic heterocycles. The fourth-order valence-corrected chi connectivity index (χ4v) is 4.51. The summed E-state index contributed by atoms with van der Waals surface area (Å²) in [7, 11) is 0. The average molecular weight is 320 g/mol. The number of thiophene rings is 1. The van der Waals surface area contributed by atoms with Crippen molar-refractivity contribution in [2.24, 2.45) is 0 Å². The molecule has 0 aliphatic carbocycles. The lowest BCUT2D eigenvalue weighted by Gasteiger charge is -2.05. The molecule has 0 bridgehead atoms. The molecule has 0 unspecified atom stereocenters. The Morgan fingerprint density at radius 3 is 2.27 bits per heavy atom. The third-order valence-corrected chi connectivity index (χ3v) is 5.57. The number of halogens is 1. The van der Waals surface area contributed by atoms with Crippen LogP contribution in [0.1, 0.15) is 0 Å². The molecule has 22 heavy (non-hydrogen) atoms. The Labute approximate surface area is 135 Å². The third kappa shape index (κ3) is 1.62. The highest BCUT2D eigenvalue weighted by molar-refractivity contribution is 7.25. The van der Waals surface area contributed by atoms with Gasteiger partial charge in [0.1, 0.15) is 5.15 Å². The SMILES string of the molecule is Clc1nc2cc3sc4ccccc4c3cc2c2ccccc12. The number of pyridine rings is 1. The molecule has 3 aromatic carbocycles. The lowest BCUT2D eigenvalue weighted by molar-refractivity contribution is 1.45. The van der Waals surface area contributed by atoms with Crippen LogP contribution in [0.4, 0.5) is 0 Å². The van der Waals surface area contributed by atoms with E-state index >= 15 is 0 Å². The van der Waals surface area contributed by atoms with E-state index in [1.807, 2.05) is 18.2 Å². The van der Waals surface area contributed by atoms with E-state index in [0.29, 0.717) is 5.15 Å². The summed E-state index contributed by atoms with van der Waals surface area (Å²) in [6, 6.07) is 21.1. The molecule has 5 rings (SSSR count). The topological polar surface area (TPSA) is 12.9 Å². The number of hydrogen-bond donors (Lipinski definition) is 0. The molecule has 0 saturated heterocycles. The molecule has 5 aromatic rings. The van der Waals surface area contributed by atoms with Gasteiger partial charge in [-0.15, -0.1) is 11.3 Å². The number of aromatic nitrogens is 1. The molecule has 0 aliphatic heterocycles. The first-order chi connectivity index (χ1) is 10.8. The largest absolute Gasteiger partial charge is 0.235 e. The molecule has 0 aliphatic rings. The van der Waals surface area contributed by atoms with Crippen LogP contribution in [0.25, 0.3) is 41.8 Å². The second-order valence-corrected chi connectivity index (χ2v) is 6.85. The van der Waals surface area contributed by atoms with Crippen molar-refractivity contribution >= 4 is 64.8 Å². The Kier molecular flexibility index (Phi) is 2.49. The van der Waals surface area contributed by atoms with Crippen molar-refractivity contribution in [1.29, 1.82) is 0 Å². The van der Waals surface area contributed by atoms with Crippen LogP contribution in [0.2, 0.25) is 5.15 Å². The first-order valence-electron chi connectivity index (χ1n) is 7.10. The number of nitrogens with zero attached hydrogens (tertiary/aromatic N) is 1. The lowest BCUT2D eigenvalue weighted by atomic mass is 10.0. The summed E-state index contributed by atoms with van der Waals surface area (Å²) >= 11 is 8.16. The Morgan fingerprint density at radius 1 is 0.682 bits per heavy atom. The van der Waals surface area contributed by atoms with Gasteiger partial charge in [-0.3, -0.25) is 0 Å². The van der Waals surface area contributed by atoms with Gasteiger partial charge in [-0.2, -0.15) is 0 Å². The molecule has 0 fully saturated rings. The number of fused-ring (bicyclic) bond motifs is 6. The zero-order chi connectivity index (χ0) is 14.7. The van der Waals surface area contributed by atoms with Crippen LogP contribution in [0, 0.1) is 0 Å². The van der Waals surface area contributed by atoms with Crippen molar-refractivity contribution < 1.29 is 0 Å². The van der Waals surface area contributed by atoms with E-state index in [0.717, 1.165) is 21.7 Å². The van der Waals surface area contributed by atoms with Crippen LogP contribution in [-0.2, 0) is 0 Å². The number of benzene rings is 3. The third-order valence-electron chi connectivity index (χ3n) is 4.15. The lowest BCUT2D eigenvalue weighted by Crippen LogP contribution is -1.84. The van der Waals surface area contributed by atoms with Crippen LogP contribution < -0.4 is 0 Å². The molecule has 0 amide bonds. The van der Waals surface area contributed by atoms with E-state index in [1.165, 1.54) is 20.2 Å². The van der Waals surface area contributed by atoms with E-state index < -0.39 is 0 Å². The molecular weight excluding hydrogens is 310 g/mol. The molecule has 0 atom stereocenters. The van der Waals surface area contributed by atoms with Gasteiger partial charge in [0.2, 0.25) is 0 Å². The molecular formula is C19H10ClNS. The predicted octanol–water partition coefficient (Wildman–Crippen LogP) is 6.41. The Bertz CT molecular complexity index is 1190. The van der Waals surface area contributed by atoms with Crippen LogP contribution in [0.5, 0.6) is 0 Å². The van der Waals surface area contributed by atoms with Crippen molar-refractivity contribution in [3.05, 3.63) is 65.8 Å². The quantitative estimate of drug-likeness (QED) is 0.237. The summed E-state index contributed by atoms with van der Waals surface area (Å²) in [6.07, 6.45) is 0. The summed E-state index contributed by atoms with van der Waals surface area (Å²) < 4.78 is 2.57.